The molecule has 0 aromatic carbocycles. The Hall–Kier alpha value is -0.743. The van der Waals surface area contributed by atoms with Gasteiger partial charge in [-0.3, -0.25) is 9.59 Å². The summed E-state index contributed by atoms with van der Waals surface area (Å²) in [6.45, 7) is 23.3. The number of rotatable bonds is 15. The number of unbranched alkanes of at least 4 members (excludes halogenated alkanes) is 1. The predicted molar refractivity (Wildman–Crippen MR) is 172 cm³/mol. The number of hydrogen-bond donors (Lipinski definition) is 0. The number of carbonyl (C=O) groups excluding carboxylic acids is 2. The van der Waals surface area contributed by atoms with Crippen molar-refractivity contribution in [3.8, 4) is 11.8 Å². The van der Waals surface area contributed by atoms with Crippen molar-refractivity contribution in [2.24, 2.45) is 11.8 Å². The van der Waals surface area contributed by atoms with Gasteiger partial charge in [0.2, 0.25) is 5.78 Å². The van der Waals surface area contributed by atoms with Crippen LogP contribution < -0.4 is 0 Å². The van der Waals surface area contributed by atoms with Crippen molar-refractivity contribution < 1.29 is 14.0 Å². The Labute approximate surface area is 244 Å². The fourth-order valence-electron chi connectivity index (χ4n) is 4.22. The molecule has 3 nitrogen and oxygen atoms in total. The van der Waals surface area contributed by atoms with Gasteiger partial charge in [-0.1, -0.05) is 64.7 Å². The first-order valence-electron chi connectivity index (χ1n) is 14.4. The van der Waals surface area contributed by atoms with E-state index >= 15 is 0 Å². The first-order valence-corrected chi connectivity index (χ1v) is 19.3. The van der Waals surface area contributed by atoms with Gasteiger partial charge in [-0.15, -0.1) is 30.1 Å². The Morgan fingerprint density at radius 2 is 1.79 bits per heavy atom. The minimum Gasteiger partial charge on any atom is -0.403 e. The molecule has 0 saturated carbocycles. The zero-order valence-electron chi connectivity index (χ0n) is 25.7. The Morgan fingerprint density at radius 1 is 1.16 bits per heavy atom. The second kappa shape index (κ2) is 16.5. The van der Waals surface area contributed by atoms with Gasteiger partial charge in [0.05, 0.1) is 4.08 Å². The molecule has 0 aliphatic carbocycles. The lowest BCUT2D eigenvalue weighted by Crippen LogP contribution is -2.44. The van der Waals surface area contributed by atoms with Gasteiger partial charge in [0.25, 0.3) is 0 Å². The number of allylic oxidation sites excluding steroid dienone is 2. The molecule has 0 spiro atoms. The standard InChI is InChI=1S/C32H54O3S2Si/c1-11-12-13-15-26(4)22-29(35-38(9,10)31(6,7)8)16-17-30(34)27(5)23-28(33)18-19-32(24-25(2)3)36-20-14-21-37-32/h11,24,26-27,29H,1,12-15,18-23H2,2-10H3/t26-,27-,29?/m0/s1. The lowest BCUT2D eigenvalue weighted by molar-refractivity contribution is -0.124. The van der Waals surface area contributed by atoms with Gasteiger partial charge in [0.15, 0.2) is 8.32 Å². The Bertz CT molecular complexity index is 865. The fraction of sp³-hybridized carbons (Fsp3) is 0.750. The van der Waals surface area contributed by atoms with Gasteiger partial charge < -0.3 is 4.43 Å². The number of hydrogen-bond acceptors (Lipinski definition) is 5. The maximum atomic E-state index is 13.0. The molecule has 38 heavy (non-hydrogen) atoms. The van der Waals surface area contributed by atoms with E-state index in [0.29, 0.717) is 12.3 Å². The van der Waals surface area contributed by atoms with Crippen LogP contribution in [-0.4, -0.2) is 41.6 Å². The van der Waals surface area contributed by atoms with Crippen LogP contribution in [-0.2, 0) is 14.0 Å². The summed E-state index contributed by atoms with van der Waals surface area (Å²) >= 11 is 3.93. The maximum Gasteiger partial charge on any atom is 0.208 e. The molecule has 0 aromatic rings. The number of Topliss-reactive ketones (excluding diaryl/α,β-unsaturated/α-hetero) is 2. The normalized spacial score (nSPS) is 17.9. The van der Waals surface area contributed by atoms with Gasteiger partial charge in [0, 0.05) is 18.8 Å². The van der Waals surface area contributed by atoms with Crippen molar-refractivity contribution >= 4 is 43.4 Å². The lowest BCUT2D eigenvalue weighted by Gasteiger charge is -2.38. The molecule has 0 aromatic heterocycles. The summed E-state index contributed by atoms with van der Waals surface area (Å²) in [6.07, 6.45) is 10.9. The number of ketones is 2. The Morgan fingerprint density at radius 3 is 2.34 bits per heavy atom. The van der Waals surface area contributed by atoms with Crippen molar-refractivity contribution in [1.82, 2.24) is 0 Å². The summed E-state index contributed by atoms with van der Waals surface area (Å²) in [5.41, 5.74) is 1.29. The lowest BCUT2D eigenvalue weighted by atomic mass is 9.95. The average Bonchev–Trinajstić information content (AvgIpc) is 2.80. The van der Waals surface area contributed by atoms with Crippen LogP contribution in [0.4, 0.5) is 0 Å². The van der Waals surface area contributed by atoms with E-state index in [2.05, 4.69) is 79.1 Å². The maximum absolute atomic E-state index is 13.0. The van der Waals surface area contributed by atoms with Gasteiger partial charge >= 0.3 is 0 Å². The van der Waals surface area contributed by atoms with E-state index in [1.807, 2.05) is 36.5 Å². The monoisotopic (exact) mass is 578 g/mol. The molecule has 1 aliphatic rings. The summed E-state index contributed by atoms with van der Waals surface area (Å²) in [4.78, 5) is 25.8. The van der Waals surface area contributed by atoms with Crippen molar-refractivity contribution in [1.29, 1.82) is 0 Å². The highest BCUT2D eigenvalue weighted by Crippen LogP contribution is 2.47. The first kappa shape index (κ1) is 35.3. The summed E-state index contributed by atoms with van der Waals surface area (Å²) in [5.74, 6) is 8.45. The van der Waals surface area contributed by atoms with E-state index in [1.54, 1.807) is 0 Å². The third-order valence-electron chi connectivity index (χ3n) is 7.54. The summed E-state index contributed by atoms with van der Waals surface area (Å²) in [5, 5.41) is 0.0699. The van der Waals surface area contributed by atoms with Crippen molar-refractivity contribution in [2.75, 3.05) is 11.5 Å². The highest BCUT2D eigenvalue weighted by molar-refractivity contribution is 8.19. The number of thioether (sulfide) groups is 2. The fourth-order valence-corrected chi connectivity index (χ4v) is 8.85. The van der Waals surface area contributed by atoms with Crippen molar-refractivity contribution in [3.63, 3.8) is 0 Å². The highest BCUT2D eigenvalue weighted by atomic mass is 32.2. The van der Waals surface area contributed by atoms with Crippen LogP contribution in [0.5, 0.6) is 0 Å². The Balaban J connectivity index is 2.83. The quantitative estimate of drug-likeness (QED) is 0.0637. The molecule has 1 unspecified atom stereocenters. The molecule has 1 saturated heterocycles. The van der Waals surface area contributed by atoms with Crippen LogP contribution in [0, 0.1) is 23.7 Å². The van der Waals surface area contributed by atoms with Crippen LogP contribution in [0.25, 0.3) is 0 Å². The minimum atomic E-state index is -2.04. The SMILES string of the molecule is C=CCCC[C@H](C)CC(C#CC(=O)[C@@H](C)CC(=O)CCC1(C=C(C)C)SCCCS1)O[Si](C)(C)C(C)(C)C. The molecule has 0 N–H and O–H groups in total. The van der Waals surface area contributed by atoms with Crippen molar-refractivity contribution in [2.45, 2.75) is 128 Å². The predicted octanol–water partition coefficient (Wildman–Crippen LogP) is 9.24. The van der Waals surface area contributed by atoms with Crippen LogP contribution in [0.2, 0.25) is 18.1 Å². The molecule has 0 bridgehead atoms. The summed E-state index contributed by atoms with van der Waals surface area (Å²) in [7, 11) is -2.04. The highest BCUT2D eigenvalue weighted by Gasteiger charge is 2.39. The molecule has 0 radical (unpaired) electrons. The van der Waals surface area contributed by atoms with E-state index in [-0.39, 0.29) is 39.1 Å². The third kappa shape index (κ3) is 13.1. The van der Waals surface area contributed by atoms with Crippen LogP contribution >= 0.6 is 23.5 Å². The van der Waals surface area contributed by atoms with Crippen LogP contribution in [0.3, 0.4) is 0 Å². The second-order valence-electron chi connectivity index (χ2n) is 12.8. The van der Waals surface area contributed by atoms with E-state index in [4.69, 9.17) is 4.43 Å². The molecule has 0 amide bonds. The molecule has 3 atom stereocenters. The minimum absolute atomic E-state index is 0.00350. The number of carbonyl (C=O) groups is 2. The van der Waals surface area contributed by atoms with E-state index in [1.165, 1.54) is 12.0 Å². The van der Waals surface area contributed by atoms with E-state index < -0.39 is 8.32 Å². The topological polar surface area (TPSA) is 43.4 Å². The average molecular weight is 579 g/mol. The van der Waals surface area contributed by atoms with Crippen LogP contribution in [0.1, 0.15) is 99.8 Å². The Kier molecular flexibility index (Phi) is 15.3. The van der Waals surface area contributed by atoms with Crippen LogP contribution in [0.15, 0.2) is 24.3 Å². The molecule has 1 aliphatic heterocycles. The smallest absolute Gasteiger partial charge is 0.208 e. The summed E-state index contributed by atoms with van der Waals surface area (Å²) in [6, 6.07) is 0. The molecular weight excluding hydrogens is 525 g/mol. The van der Waals surface area contributed by atoms with E-state index in [9.17, 15) is 9.59 Å². The zero-order chi connectivity index (χ0) is 29.0. The van der Waals surface area contributed by atoms with Gasteiger partial charge in [0.1, 0.15) is 11.9 Å². The zero-order valence-corrected chi connectivity index (χ0v) is 28.3. The second-order valence-corrected chi connectivity index (χ2v) is 20.7. The van der Waals surface area contributed by atoms with Gasteiger partial charge in [-0.05, 0) is 87.4 Å². The summed E-state index contributed by atoms with van der Waals surface area (Å²) < 4.78 is 6.65. The van der Waals surface area contributed by atoms with Gasteiger partial charge in [-0.25, -0.2) is 0 Å². The molecule has 1 fully saturated rings. The van der Waals surface area contributed by atoms with E-state index in [0.717, 1.165) is 43.6 Å². The largest absolute Gasteiger partial charge is 0.403 e. The molecule has 1 rings (SSSR count). The molecule has 6 heteroatoms. The van der Waals surface area contributed by atoms with Gasteiger partial charge in [-0.2, -0.15) is 0 Å². The molecular formula is C32H54O3S2Si. The first-order chi connectivity index (χ1) is 17.6. The molecule has 1 heterocycles. The molecule has 216 valence electrons. The third-order valence-corrected chi connectivity index (χ3v) is 15.3. The van der Waals surface area contributed by atoms with Crippen molar-refractivity contribution in [3.05, 3.63) is 24.3 Å².